The lowest BCUT2D eigenvalue weighted by atomic mass is 10.0. The predicted octanol–water partition coefficient (Wildman–Crippen LogP) is 4.57. The van der Waals surface area contributed by atoms with Crippen molar-refractivity contribution in [2.24, 2.45) is 0 Å². The lowest BCUT2D eigenvalue weighted by Crippen LogP contribution is -2.06. The molecule has 2 heterocycles. The summed E-state index contributed by atoms with van der Waals surface area (Å²) in [6, 6.07) is 7.10. The fourth-order valence-corrected chi connectivity index (χ4v) is 3.01. The molecule has 1 aliphatic rings. The number of thiophene rings is 1. The van der Waals surface area contributed by atoms with Gasteiger partial charge >= 0.3 is 6.18 Å². The van der Waals surface area contributed by atoms with Crippen molar-refractivity contribution in [2.75, 3.05) is 5.32 Å². The van der Waals surface area contributed by atoms with Gasteiger partial charge in [0.2, 0.25) is 0 Å². The molecule has 2 nitrogen and oxygen atoms in total. The van der Waals surface area contributed by atoms with E-state index >= 15 is 0 Å². The normalized spacial score (nSPS) is 16.2. The molecule has 0 bridgehead atoms. The summed E-state index contributed by atoms with van der Waals surface area (Å²) in [5.41, 5.74) is 0.323. The maximum atomic E-state index is 12.7. The van der Waals surface area contributed by atoms with Crippen molar-refractivity contribution >= 4 is 34.6 Å². The van der Waals surface area contributed by atoms with E-state index in [0.717, 1.165) is 21.9 Å². The van der Waals surface area contributed by atoms with Crippen LogP contribution in [0.25, 0.3) is 11.6 Å². The molecule has 21 heavy (non-hydrogen) atoms. The van der Waals surface area contributed by atoms with E-state index < -0.39 is 11.7 Å². The van der Waals surface area contributed by atoms with Crippen LogP contribution in [0.5, 0.6) is 0 Å². The maximum absolute atomic E-state index is 12.7. The van der Waals surface area contributed by atoms with Gasteiger partial charge < -0.3 is 5.32 Å². The SMILES string of the molecule is Cc1ccc(/C=C2\C(=O)Nc3cc(C(F)(F)F)ccc32)s1. The number of anilines is 1. The maximum Gasteiger partial charge on any atom is 0.416 e. The van der Waals surface area contributed by atoms with Gasteiger partial charge in [-0.15, -0.1) is 11.3 Å². The molecule has 108 valence electrons. The first-order chi connectivity index (χ1) is 9.84. The van der Waals surface area contributed by atoms with Crippen molar-refractivity contribution in [1.29, 1.82) is 0 Å². The monoisotopic (exact) mass is 309 g/mol. The van der Waals surface area contributed by atoms with E-state index in [4.69, 9.17) is 0 Å². The van der Waals surface area contributed by atoms with Crippen molar-refractivity contribution in [2.45, 2.75) is 13.1 Å². The second kappa shape index (κ2) is 4.73. The van der Waals surface area contributed by atoms with Crippen LogP contribution < -0.4 is 5.32 Å². The molecule has 0 saturated heterocycles. The topological polar surface area (TPSA) is 29.1 Å². The highest BCUT2D eigenvalue weighted by atomic mass is 32.1. The third kappa shape index (κ3) is 2.58. The van der Waals surface area contributed by atoms with Crippen LogP contribution in [0.4, 0.5) is 18.9 Å². The molecular formula is C15H10F3NOS. The summed E-state index contributed by atoms with van der Waals surface area (Å²) in [6.45, 7) is 1.95. The summed E-state index contributed by atoms with van der Waals surface area (Å²) >= 11 is 1.52. The Hall–Kier alpha value is -2.08. The number of nitrogens with one attached hydrogen (secondary N) is 1. The zero-order valence-corrected chi connectivity index (χ0v) is 11.7. The van der Waals surface area contributed by atoms with Crippen LogP contribution in [-0.2, 0) is 11.0 Å². The second-order valence-corrected chi connectivity index (χ2v) is 6.04. The third-order valence-corrected chi connectivity index (χ3v) is 4.13. The molecular weight excluding hydrogens is 299 g/mol. The van der Waals surface area contributed by atoms with E-state index in [9.17, 15) is 18.0 Å². The molecule has 2 aromatic rings. The van der Waals surface area contributed by atoms with Crippen LogP contribution in [0.15, 0.2) is 30.3 Å². The number of amides is 1. The number of aryl methyl sites for hydroxylation is 1. The average Bonchev–Trinajstić information content (AvgIpc) is 2.93. The zero-order chi connectivity index (χ0) is 15.2. The summed E-state index contributed by atoms with van der Waals surface area (Å²) < 4.78 is 38.0. The number of rotatable bonds is 1. The van der Waals surface area contributed by atoms with Crippen LogP contribution >= 0.6 is 11.3 Å². The Morgan fingerprint density at radius 3 is 2.57 bits per heavy atom. The van der Waals surface area contributed by atoms with E-state index in [1.807, 2.05) is 19.1 Å². The fraction of sp³-hybridized carbons (Fsp3) is 0.133. The highest BCUT2D eigenvalue weighted by molar-refractivity contribution is 7.12. The number of hydrogen-bond acceptors (Lipinski definition) is 2. The lowest BCUT2D eigenvalue weighted by Gasteiger charge is -2.07. The molecule has 0 saturated carbocycles. The van der Waals surface area contributed by atoms with E-state index in [1.165, 1.54) is 17.4 Å². The van der Waals surface area contributed by atoms with Gasteiger partial charge in [-0.25, -0.2) is 0 Å². The first-order valence-corrected chi connectivity index (χ1v) is 6.97. The van der Waals surface area contributed by atoms with Gasteiger partial charge in [0.25, 0.3) is 5.91 Å². The van der Waals surface area contributed by atoms with Gasteiger partial charge in [-0.3, -0.25) is 4.79 Å². The van der Waals surface area contributed by atoms with Crippen molar-refractivity contribution in [3.8, 4) is 0 Å². The Morgan fingerprint density at radius 1 is 1.19 bits per heavy atom. The summed E-state index contributed by atoms with van der Waals surface area (Å²) in [5, 5.41) is 2.48. The minimum absolute atomic E-state index is 0.203. The average molecular weight is 309 g/mol. The lowest BCUT2D eigenvalue weighted by molar-refractivity contribution is -0.137. The highest BCUT2D eigenvalue weighted by Gasteiger charge is 2.33. The van der Waals surface area contributed by atoms with Crippen LogP contribution in [0.3, 0.4) is 0 Å². The van der Waals surface area contributed by atoms with Crippen molar-refractivity contribution in [3.05, 3.63) is 51.2 Å². The molecule has 0 radical (unpaired) electrons. The number of benzene rings is 1. The van der Waals surface area contributed by atoms with E-state index in [0.29, 0.717) is 11.1 Å². The Balaban J connectivity index is 2.05. The summed E-state index contributed by atoms with van der Waals surface area (Å²) in [5.74, 6) is -0.379. The van der Waals surface area contributed by atoms with Gasteiger partial charge in [0.15, 0.2) is 0 Å². The molecule has 6 heteroatoms. The molecule has 0 unspecified atom stereocenters. The van der Waals surface area contributed by atoms with Gasteiger partial charge in [0.1, 0.15) is 0 Å². The van der Waals surface area contributed by atoms with Crippen molar-refractivity contribution in [3.63, 3.8) is 0 Å². The predicted molar refractivity (Wildman–Crippen MR) is 77.0 cm³/mol. The number of fused-ring (bicyclic) bond motifs is 1. The summed E-state index contributed by atoms with van der Waals surface area (Å²) in [6.07, 6.45) is -2.72. The first-order valence-electron chi connectivity index (χ1n) is 6.16. The minimum atomic E-state index is -4.42. The van der Waals surface area contributed by atoms with Gasteiger partial charge in [0.05, 0.1) is 11.1 Å². The Morgan fingerprint density at radius 2 is 1.95 bits per heavy atom. The van der Waals surface area contributed by atoms with Crippen LogP contribution in [0.1, 0.15) is 20.9 Å². The number of carbonyl (C=O) groups is 1. The third-order valence-electron chi connectivity index (χ3n) is 3.18. The molecule has 0 fully saturated rings. The van der Waals surface area contributed by atoms with E-state index in [2.05, 4.69) is 5.32 Å². The molecule has 1 N–H and O–H groups in total. The molecule has 3 rings (SSSR count). The fourth-order valence-electron chi connectivity index (χ4n) is 2.19. The molecule has 0 atom stereocenters. The van der Waals surface area contributed by atoms with Gasteiger partial charge in [0, 0.05) is 21.0 Å². The van der Waals surface area contributed by atoms with Crippen LogP contribution in [0.2, 0.25) is 0 Å². The van der Waals surface area contributed by atoms with Crippen molar-refractivity contribution < 1.29 is 18.0 Å². The smallest absolute Gasteiger partial charge is 0.321 e. The zero-order valence-electron chi connectivity index (χ0n) is 10.9. The van der Waals surface area contributed by atoms with Crippen LogP contribution in [0, 0.1) is 6.92 Å². The molecule has 1 aliphatic heterocycles. The Labute approximate surface area is 122 Å². The molecule has 0 aliphatic carbocycles. The molecule has 1 aromatic heterocycles. The van der Waals surface area contributed by atoms with Crippen molar-refractivity contribution in [1.82, 2.24) is 0 Å². The van der Waals surface area contributed by atoms with Gasteiger partial charge in [-0.2, -0.15) is 13.2 Å². The van der Waals surface area contributed by atoms with Gasteiger partial charge in [-0.1, -0.05) is 6.07 Å². The molecule has 1 amide bonds. The van der Waals surface area contributed by atoms with Crippen LogP contribution in [-0.4, -0.2) is 5.91 Å². The number of carbonyl (C=O) groups excluding carboxylic acids is 1. The molecule has 0 spiro atoms. The van der Waals surface area contributed by atoms with E-state index in [1.54, 1.807) is 6.08 Å². The second-order valence-electron chi connectivity index (χ2n) is 4.72. The number of halogens is 3. The van der Waals surface area contributed by atoms with E-state index in [-0.39, 0.29) is 11.6 Å². The highest BCUT2D eigenvalue weighted by Crippen LogP contribution is 2.38. The molecule has 1 aromatic carbocycles. The largest absolute Gasteiger partial charge is 0.416 e. The number of hydrogen-bond donors (Lipinski definition) is 1. The Bertz CT molecular complexity index is 759. The first kappa shape index (κ1) is 13.9. The quantitative estimate of drug-likeness (QED) is 0.768. The Kier molecular flexibility index (Phi) is 3.13. The number of alkyl halides is 3. The summed E-state index contributed by atoms with van der Waals surface area (Å²) in [7, 11) is 0. The van der Waals surface area contributed by atoms with Gasteiger partial charge in [-0.05, 0) is 37.3 Å². The summed E-state index contributed by atoms with van der Waals surface area (Å²) in [4.78, 5) is 13.9. The minimum Gasteiger partial charge on any atom is -0.321 e. The standard InChI is InChI=1S/C15H10F3NOS/c1-8-2-4-10(21-8)7-12-11-5-3-9(15(16,17)18)6-13(11)19-14(12)20/h2-7H,1H3,(H,19,20)/b12-7-.